The van der Waals surface area contributed by atoms with Crippen LogP contribution in [0.4, 0.5) is 0 Å². The number of hydrogen-bond donors (Lipinski definition) is 1. The Morgan fingerprint density at radius 1 is 1.43 bits per heavy atom. The van der Waals surface area contributed by atoms with E-state index in [0.29, 0.717) is 19.0 Å². The van der Waals surface area contributed by atoms with E-state index in [-0.39, 0.29) is 6.04 Å². The molecule has 2 saturated heterocycles. The van der Waals surface area contributed by atoms with Crippen molar-refractivity contribution in [3.05, 3.63) is 0 Å². The Labute approximate surface area is 140 Å². The van der Waals surface area contributed by atoms with Gasteiger partial charge in [-0.2, -0.15) is 4.31 Å². The second-order valence-corrected chi connectivity index (χ2v) is 8.41. The lowest BCUT2D eigenvalue weighted by Gasteiger charge is -2.26. The van der Waals surface area contributed by atoms with Crippen molar-refractivity contribution < 1.29 is 13.2 Å². The third-order valence-electron chi connectivity index (χ3n) is 4.45. The molecule has 0 bridgehead atoms. The van der Waals surface area contributed by atoms with Crippen molar-refractivity contribution in [1.82, 2.24) is 14.5 Å². The first-order valence-electron chi connectivity index (χ1n) is 8.45. The van der Waals surface area contributed by atoms with Crippen molar-refractivity contribution >= 4 is 16.0 Å². The van der Waals surface area contributed by atoms with E-state index in [1.54, 1.807) is 4.31 Å². The molecule has 2 aliphatic rings. The zero-order valence-corrected chi connectivity index (χ0v) is 15.3. The van der Waals surface area contributed by atoms with E-state index in [1.165, 1.54) is 6.26 Å². The third kappa shape index (κ3) is 5.32. The number of nitrogens with zero attached hydrogens (tertiary/aromatic N) is 3. The first-order valence-corrected chi connectivity index (χ1v) is 10.3. The first kappa shape index (κ1) is 18.5. The van der Waals surface area contributed by atoms with Crippen LogP contribution in [-0.4, -0.2) is 82.3 Å². The molecule has 0 radical (unpaired) electrons. The van der Waals surface area contributed by atoms with E-state index in [9.17, 15) is 8.42 Å². The van der Waals surface area contributed by atoms with Crippen LogP contribution in [0.2, 0.25) is 0 Å². The van der Waals surface area contributed by atoms with E-state index in [4.69, 9.17) is 4.74 Å². The molecule has 2 atom stereocenters. The molecule has 1 unspecified atom stereocenters. The van der Waals surface area contributed by atoms with Crippen LogP contribution in [0.5, 0.6) is 0 Å². The van der Waals surface area contributed by atoms with Crippen molar-refractivity contribution in [3.8, 4) is 0 Å². The van der Waals surface area contributed by atoms with Gasteiger partial charge in [-0.1, -0.05) is 0 Å². The summed E-state index contributed by atoms with van der Waals surface area (Å²) in [6, 6.07) is -0.0122. The average Bonchev–Trinajstić information content (AvgIpc) is 3.13. The third-order valence-corrected chi connectivity index (χ3v) is 5.79. The summed E-state index contributed by atoms with van der Waals surface area (Å²) in [6.45, 7) is 6.54. The first-order chi connectivity index (χ1) is 10.9. The Morgan fingerprint density at radius 3 is 2.83 bits per heavy atom. The molecule has 23 heavy (non-hydrogen) atoms. The molecule has 0 aromatic heterocycles. The summed E-state index contributed by atoms with van der Waals surface area (Å²) in [5, 5.41) is 3.30. The number of aliphatic imine (C=N–C) groups is 1. The van der Waals surface area contributed by atoms with Crippen LogP contribution in [0.25, 0.3) is 0 Å². The molecule has 0 amide bonds. The molecular formula is C15H30N4O3S. The summed E-state index contributed by atoms with van der Waals surface area (Å²) in [5.74, 6) is 1.39. The summed E-state index contributed by atoms with van der Waals surface area (Å²) >= 11 is 0. The highest BCUT2D eigenvalue weighted by Crippen LogP contribution is 2.20. The van der Waals surface area contributed by atoms with Gasteiger partial charge in [0.05, 0.1) is 19.4 Å². The molecular weight excluding hydrogens is 316 g/mol. The van der Waals surface area contributed by atoms with E-state index >= 15 is 0 Å². The fourth-order valence-corrected chi connectivity index (χ4v) is 4.47. The van der Waals surface area contributed by atoms with Crippen LogP contribution in [0.3, 0.4) is 0 Å². The number of sulfonamides is 1. The van der Waals surface area contributed by atoms with Crippen LogP contribution >= 0.6 is 0 Å². The van der Waals surface area contributed by atoms with Crippen LogP contribution in [0.15, 0.2) is 4.99 Å². The average molecular weight is 346 g/mol. The highest BCUT2D eigenvalue weighted by Gasteiger charge is 2.31. The van der Waals surface area contributed by atoms with E-state index < -0.39 is 10.0 Å². The van der Waals surface area contributed by atoms with E-state index in [2.05, 4.69) is 15.2 Å². The summed E-state index contributed by atoms with van der Waals surface area (Å²) in [7, 11) is -1.11. The lowest BCUT2D eigenvalue weighted by molar-refractivity contribution is 0.181. The zero-order chi connectivity index (χ0) is 16.9. The Kier molecular flexibility index (Phi) is 6.67. The summed E-state index contributed by atoms with van der Waals surface area (Å²) < 4.78 is 30.7. The minimum atomic E-state index is -3.14. The van der Waals surface area contributed by atoms with E-state index in [0.717, 1.165) is 51.5 Å². The van der Waals surface area contributed by atoms with Crippen molar-refractivity contribution in [1.29, 1.82) is 0 Å². The van der Waals surface area contributed by atoms with Gasteiger partial charge in [0.2, 0.25) is 10.0 Å². The van der Waals surface area contributed by atoms with Gasteiger partial charge in [0.25, 0.3) is 0 Å². The smallest absolute Gasteiger partial charge is 0.211 e. The normalized spacial score (nSPS) is 26.7. The molecule has 134 valence electrons. The number of hydrogen-bond acceptors (Lipinski definition) is 4. The lowest BCUT2D eigenvalue weighted by Crippen LogP contribution is -2.43. The SMILES string of the molecule is CCNC(=NC[C@H]1CCCN1S(C)(=O)=O)N(C)CC1CCOC1. The second-order valence-electron chi connectivity index (χ2n) is 6.47. The fourth-order valence-electron chi connectivity index (χ4n) is 3.29. The molecule has 0 aliphatic carbocycles. The fraction of sp³-hybridized carbons (Fsp3) is 0.933. The van der Waals surface area contributed by atoms with Gasteiger partial charge in [0, 0.05) is 45.2 Å². The Morgan fingerprint density at radius 2 is 2.22 bits per heavy atom. The minimum absolute atomic E-state index is 0.0122. The van der Waals surface area contributed by atoms with Crippen molar-refractivity contribution in [2.45, 2.75) is 32.2 Å². The maximum atomic E-state index is 11.8. The molecule has 1 N–H and O–H groups in total. The Bertz CT molecular complexity index is 503. The summed E-state index contributed by atoms with van der Waals surface area (Å²) in [6.07, 6.45) is 4.18. The van der Waals surface area contributed by atoms with Gasteiger partial charge in [-0.3, -0.25) is 4.99 Å². The predicted molar refractivity (Wildman–Crippen MR) is 92.1 cm³/mol. The second kappa shape index (κ2) is 8.30. The van der Waals surface area contributed by atoms with Gasteiger partial charge in [-0.05, 0) is 26.2 Å². The monoisotopic (exact) mass is 346 g/mol. The van der Waals surface area contributed by atoms with Crippen LogP contribution in [0, 0.1) is 5.92 Å². The quantitative estimate of drug-likeness (QED) is 0.555. The predicted octanol–water partition coefficient (Wildman–Crippen LogP) is 0.344. The van der Waals surface area contributed by atoms with Crippen LogP contribution in [-0.2, 0) is 14.8 Å². The zero-order valence-electron chi connectivity index (χ0n) is 14.5. The van der Waals surface area contributed by atoms with Crippen molar-refractivity contribution in [3.63, 3.8) is 0 Å². The van der Waals surface area contributed by atoms with Gasteiger partial charge in [0.15, 0.2) is 5.96 Å². The summed E-state index contributed by atoms with van der Waals surface area (Å²) in [4.78, 5) is 6.81. The largest absolute Gasteiger partial charge is 0.381 e. The maximum absolute atomic E-state index is 11.8. The topological polar surface area (TPSA) is 74.2 Å². The molecule has 8 heteroatoms. The molecule has 0 saturated carbocycles. The number of guanidine groups is 1. The molecule has 0 aromatic carbocycles. The number of ether oxygens (including phenoxy) is 1. The molecule has 2 rings (SSSR count). The molecule has 7 nitrogen and oxygen atoms in total. The van der Waals surface area contributed by atoms with Crippen molar-refractivity contribution in [2.24, 2.45) is 10.9 Å². The van der Waals surface area contributed by atoms with E-state index in [1.807, 2.05) is 14.0 Å². The highest BCUT2D eigenvalue weighted by molar-refractivity contribution is 7.88. The number of nitrogens with one attached hydrogen (secondary N) is 1. The van der Waals surface area contributed by atoms with Crippen molar-refractivity contribution in [2.75, 3.05) is 52.7 Å². The van der Waals surface area contributed by atoms with Gasteiger partial charge in [-0.25, -0.2) is 8.42 Å². The van der Waals surface area contributed by atoms with Gasteiger partial charge < -0.3 is 15.0 Å². The Hall–Kier alpha value is -0.860. The molecule has 2 fully saturated rings. The van der Waals surface area contributed by atoms with Gasteiger partial charge in [0.1, 0.15) is 0 Å². The molecule has 2 aliphatic heterocycles. The lowest BCUT2D eigenvalue weighted by atomic mass is 10.1. The maximum Gasteiger partial charge on any atom is 0.211 e. The van der Waals surface area contributed by atoms with Crippen LogP contribution < -0.4 is 5.32 Å². The molecule has 2 heterocycles. The van der Waals surface area contributed by atoms with Crippen LogP contribution in [0.1, 0.15) is 26.2 Å². The highest BCUT2D eigenvalue weighted by atomic mass is 32.2. The molecule has 0 spiro atoms. The Balaban J connectivity index is 1.97. The minimum Gasteiger partial charge on any atom is -0.381 e. The van der Waals surface area contributed by atoms with Gasteiger partial charge in [-0.15, -0.1) is 0 Å². The standard InChI is InChI=1S/C15H30N4O3S/c1-4-16-15(18(2)11-13-7-9-22-12-13)17-10-14-6-5-8-19(14)23(3,20)21/h13-14H,4-12H2,1-3H3,(H,16,17)/t13?,14-/m1/s1. The number of rotatable bonds is 6. The summed E-state index contributed by atoms with van der Waals surface area (Å²) in [5.41, 5.74) is 0. The van der Waals surface area contributed by atoms with Gasteiger partial charge >= 0.3 is 0 Å². The molecule has 0 aromatic rings.